The van der Waals surface area contributed by atoms with Gasteiger partial charge < -0.3 is 10.1 Å². The first kappa shape index (κ1) is 13.3. The van der Waals surface area contributed by atoms with E-state index in [1.807, 2.05) is 6.07 Å². The van der Waals surface area contributed by atoms with E-state index in [1.54, 1.807) is 31.5 Å². The Hall–Kier alpha value is -2.17. The predicted octanol–water partition coefficient (Wildman–Crippen LogP) is 2.67. The molecule has 2 rings (SSSR count). The van der Waals surface area contributed by atoms with Crippen LogP contribution < -0.4 is 10.1 Å². The van der Waals surface area contributed by atoms with E-state index in [0.29, 0.717) is 11.8 Å². The van der Waals surface area contributed by atoms with Crippen LogP contribution in [0.5, 0.6) is 5.88 Å². The lowest BCUT2D eigenvalue weighted by molar-refractivity contribution is 0.397. The molecular formula is C14H16FN3O. The highest BCUT2D eigenvalue weighted by molar-refractivity contribution is 5.27. The first-order chi connectivity index (χ1) is 9.28. The summed E-state index contributed by atoms with van der Waals surface area (Å²) in [6, 6.07) is 8.35. The van der Waals surface area contributed by atoms with Gasteiger partial charge in [-0.05, 0) is 30.5 Å². The third kappa shape index (κ3) is 4.21. The molecule has 0 aliphatic heterocycles. The van der Waals surface area contributed by atoms with E-state index in [0.717, 1.165) is 24.9 Å². The Morgan fingerprint density at radius 3 is 3.00 bits per heavy atom. The van der Waals surface area contributed by atoms with Gasteiger partial charge in [-0.2, -0.15) is 4.98 Å². The summed E-state index contributed by atoms with van der Waals surface area (Å²) in [4.78, 5) is 8.23. The summed E-state index contributed by atoms with van der Waals surface area (Å²) in [7, 11) is 1.57. The van der Waals surface area contributed by atoms with Gasteiger partial charge in [0.2, 0.25) is 11.8 Å². The van der Waals surface area contributed by atoms with Crippen LogP contribution in [0.4, 0.5) is 10.3 Å². The first-order valence-corrected chi connectivity index (χ1v) is 6.13. The van der Waals surface area contributed by atoms with Crippen LogP contribution in [0.2, 0.25) is 0 Å². The van der Waals surface area contributed by atoms with Gasteiger partial charge in [-0.25, -0.2) is 9.37 Å². The summed E-state index contributed by atoms with van der Waals surface area (Å²) < 4.78 is 18.0. The van der Waals surface area contributed by atoms with Crippen molar-refractivity contribution in [2.24, 2.45) is 0 Å². The topological polar surface area (TPSA) is 47.0 Å². The van der Waals surface area contributed by atoms with Gasteiger partial charge in [0.05, 0.1) is 7.11 Å². The molecule has 100 valence electrons. The summed E-state index contributed by atoms with van der Waals surface area (Å²) in [6.07, 6.45) is 3.33. The molecule has 0 aliphatic carbocycles. The van der Waals surface area contributed by atoms with Crippen LogP contribution in [-0.4, -0.2) is 23.6 Å². The van der Waals surface area contributed by atoms with Gasteiger partial charge in [0.15, 0.2) is 0 Å². The number of halogens is 1. The minimum atomic E-state index is -0.193. The second kappa shape index (κ2) is 6.68. The van der Waals surface area contributed by atoms with Crippen LogP contribution in [0.15, 0.2) is 36.5 Å². The molecule has 0 radical (unpaired) electrons. The lowest BCUT2D eigenvalue weighted by Crippen LogP contribution is -2.06. The molecule has 2 aromatic rings. The zero-order valence-electron chi connectivity index (χ0n) is 10.8. The fourth-order valence-electron chi connectivity index (χ4n) is 1.73. The molecular weight excluding hydrogens is 245 g/mol. The second-order valence-electron chi connectivity index (χ2n) is 4.08. The molecule has 0 saturated heterocycles. The second-order valence-corrected chi connectivity index (χ2v) is 4.08. The smallest absolute Gasteiger partial charge is 0.225 e. The van der Waals surface area contributed by atoms with E-state index >= 15 is 0 Å². The van der Waals surface area contributed by atoms with Gasteiger partial charge in [-0.15, -0.1) is 0 Å². The molecule has 0 saturated carbocycles. The van der Waals surface area contributed by atoms with Gasteiger partial charge in [0, 0.05) is 18.8 Å². The van der Waals surface area contributed by atoms with Gasteiger partial charge in [-0.3, -0.25) is 0 Å². The normalized spacial score (nSPS) is 10.2. The van der Waals surface area contributed by atoms with E-state index < -0.39 is 0 Å². The molecule has 5 heteroatoms. The zero-order chi connectivity index (χ0) is 13.5. The molecule has 0 aliphatic rings. The third-order valence-corrected chi connectivity index (χ3v) is 2.65. The van der Waals surface area contributed by atoms with Crippen molar-refractivity contribution >= 4 is 5.95 Å². The minimum absolute atomic E-state index is 0.193. The van der Waals surface area contributed by atoms with Crippen LogP contribution in [0.3, 0.4) is 0 Å². The average molecular weight is 261 g/mol. The van der Waals surface area contributed by atoms with Crippen molar-refractivity contribution in [2.45, 2.75) is 12.8 Å². The maximum Gasteiger partial charge on any atom is 0.225 e. The maximum atomic E-state index is 13.0. The van der Waals surface area contributed by atoms with Crippen LogP contribution in [0, 0.1) is 5.82 Å². The molecule has 0 fully saturated rings. The van der Waals surface area contributed by atoms with Crippen molar-refractivity contribution in [2.75, 3.05) is 19.0 Å². The number of methoxy groups -OCH3 is 1. The number of aromatic nitrogens is 2. The fraction of sp³-hybridized carbons (Fsp3) is 0.286. The van der Waals surface area contributed by atoms with E-state index in [9.17, 15) is 4.39 Å². The van der Waals surface area contributed by atoms with Crippen molar-refractivity contribution in [3.8, 4) is 5.88 Å². The largest absolute Gasteiger partial charge is 0.481 e. The number of rotatable bonds is 6. The lowest BCUT2D eigenvalue weighted by Gasteiger charge is -2.06. The zero-order valence-corrected chi connectivity index (χ0v) is 10.8. The van der Waals surface area contributed by atoms with E-state index in [1.165, 1.54) is 6.07 Å². The Morgan fingerprint density at radius 2 is 2.21 bits per heavy atom. The molecule has 0 spiro atoms. The van der Waals surface area contributed by atoms with E-state index in [4.69, 9.17) is 4.74 Å². The molecule has 1 heterocycles. The number of aryl methyl sites for hydroxylation is 1. The molecule has 1 aromatic heterocycles. The molecule has 0 unspecified atom stereocenters. The Labute approximate surface area is 111 Å². The Bertz CT molecular complexity index is 534. The van der Waals surface area contributed by atoms with Gasteiger partial charge >= 0.3 is 0 Å². The van der Waals surface area contributed by atoms with Crippen molar-refractivity contribution in [1.29, 1.82) is 0 Å². The Kier molecular flexibility index (Phi) is 4.66. The van der Waals surface area contributed by atoms with Crippen molar-refractivity contribution < 1.29 is 9.13 Å². The van der Waals surface area contributed by atoms with Crippen LogP contribution in [0.1, 0.15) is 12.0 Å². The molecule has 19 heavy (non-hydrogen) atoms. The minimum Gasteiger partial charge on any atom is -0.481 e. The van der Waals surface area contributed by atoms with Crippen LogP contribution >= 0.6 is 0 Å². The number of nitrogens with zero attached hydrogens (tertiary/aromatic N) is 2. The molecule has 1 N–H and O–H groups in total. The van der Waals surface area contributed by atoms with Gasteiger partial charge in [0.1, 0.15) is 5.82 Å². The summed E-state index contributed by atoms with van der Waals surface area (Å²) in [5.41, 5.74) is 0.994. The monoisotopic (exact) mass is 261 g/mol. The average Bonchev–Trinajstić information content (AvgIpc) is 2.44. The molecule has 0 amide bonds. The summed E-state index contributed by atoms with van der Waals surface area (Å²) in [5, 5.41) is 3.11. The van der Waals surface area contributed by atoms with E-state index in [-0.39, 0.29) is 5.82 Å². The lowest BCUT2D eigenvalue weighted by atomic mass is 10.1. The highest BCUT2D eigenvalue weighted by atomic mass is 19.1. The third-order valence-electron chi connectivity index (χ3n) is 2.65. The first-order valence-electron chi connectivity index (χ1n) is 6.13. The van der Waals surface area contributed by atoms with Crippen molar-refractivity contribution in [1.82, 2.24) is 9.97 Å². The van der Waals surface area contributed by atoms with Crippen molar-refractivity contribution in [3.05, 3.63) is 47.9 Å². The maximum absolute atomic E-state index is 13.0. The summed E-state index contributed by atoms with van der Waals surface area (Å²) in [6.45, 7) is 0.726. The summed E-state index contributed by atoms with van der Waals surface area (Å²) in [5.74, 6) is 0.878. The van der Waals surface area contributed by atoms with Crippen LogP contribution in [-0.2, 0) is 6.42 Å². The number of benzene rings is 1. The standard InChI is InChI=1S/C14H16FN3O/c1-19-13-7-9-17-14(18-13)16-8-3-5-11-4-2-6-12(15)10-11/h2,4,6-7,9-10H,3,5,8H2,1H3,(H,16,17,18). The quantitative estimate of drug-likeness (QED) is 0.812. The number of ether oxygens (including phenoxy) is 1. The number of hydrogen-bond donors (Lipinski definition) is 1. The predicted molar refractivity (Wildman–Crippen MR) is 71.8 cm³/mol. The molecule has 0 atom stereocenters. The van der Waals surface area contributed by atoms with Crippen molar-refractivity contribution in [3.63, 3.8) is 0 Å². The van der Waals surface area contributed by atoms with Gasteiger partial charge in [0.25, 0.3) is 0 Å². The fourth-order valence-corrected chi connectivity index (χ4v) is 1.73. The number of nitrogens with one attached hydrogen (secondary N) is 1. The molecule has 4 nitrogen and oxygen atoms in total. The SMILES string of the molecule is COc1ccnc(NCCCc2cccc(F)c2)n1. The highest BCUT2D eigenvalue weighted by Crippen LogP contribution is 2.08. The van der Waals surface area contributed by atoms with Crippen LogP contribution in [0.25, 0.3) is 0 Å². The number of hydrogen-bond acceptors (Lipinski definition) is 4. The molecule has 1 aromatic carbocycles. The number of anilines is 1. The van der Waals surface area contributed by atoms with E-state index in [2.05, 4.69) is 15.3 Å². The Morgan fingerprint density at radius 1 is 1.32 bits per heavy atom. The summed E-state index contributed by atoms with van der Waals surface area (Å²) >= 11 is 0. The molecule has 0 bridgehead atoms. The van der Waals surface area contributed by atoms with Gasteiger partial charge in [-0.1, -0.05) is 12.1 Å². The highest BCUT2D eigenvalue weighted by Gasteiger charge is 1.99. The Balaban J connectivity index is 1.77.